The van der Waals surface area contributed by atoms with E-state index in [9.17, 15) is 8.42 Å². The average molecular weight is 310 g/mol. The fourth-order valence-electron chi connectivity index (χ4n) is 1.75. The van der Waals surface area contributed by atoms with E-state index in [1.54, 1.807) is 25.2 Å². The lowest BCUT2D eigenvalue weighted by Gasteiger charge is -2.18. The van der Waals surface area contributed by atoms with Crippen molar-refractivity contribution in [2.24, 2.45) is 0 Å². The summed E-state index contributed by atoms with van der Waals surface area (Å²) < 4.78 is 26.8. The average Bonchev–Trinajstić information content (AvgIpc) is 2.94. The van der Waals surface area contributed by atoms with Crippen LogP contribution in [-0.2, 0) is 16.6 Å². The van der Waals surface area contributed by atoms with E-state index < -0.39 is 10.0 Å². The van der Waals surface area contributed by atoms with Crippen molar-refractivity contribution in [2.75, 3.05) is 17.9 Å². The van der Waals surface area contributed by atoms with Crippen LogP contribution in [0.25, 0.3) is 0 Å². The van der Waals surface area contributed by atoms with Crippen molar-refractivity contribution in [3.8, 4) is 0 Å². The minimum Gasteiger partial charge on any atom is -0.312 e. The zero-order valence-electron chi connectivity index (χ0n) is 11.5. The lowest BCUT2D eigenvalue weighted by atomic mass is 10.3. The predicted molar refractivity (Wildman–Crippen MR) is 83.7 cm³/mol. The van der Waals surface area contributed by atoms with Gasteiger partial charge in [0.25, 0.3) is 10.0 Å². The number of hydrogen-bond acceptors (Lipinski definition) is 4. The van der Waals surface area contributed by atoms with Crippen molar-refractivity contribution in [3.63, 3.8) is 0 Å². The van der Waals surface area contributed by atoms with Crippen LogP contribution in [0.15, 0.2) is 46.7 Å². The Hall–Kier alpha value is -1.37. The first kappa shape index (κ1) is 15.0. The Kier molecular flexibility index (Phi) is 4.80. The summed E-state index contributed by atoms with van der Waals surface area (Å²) in [5, 5.41) is 3.19. The second-order valence-electron chi connectivity index (χ2n) is 4.31. The van der Waals surface area contributed by atoms with Crippen molar-refractivity contribution < 1.29 is 8.42 Å². The van der Waals surface area contributed by atoms with E-state index in [1.165, 1.54) is 15.6 Å². The lowest BCUT2D eigenvalue weighted by Crippen LogP contribution is -2.25. The van der Waals surface area contributed by atoms with Gasteiger partial charge in [-0.05, 0) is 30.8 Å². The second kappa shape index (κ2) is 6.39. The molecule has 2 rings (SSSR count). The maximum atomic E-state index is 12.5. The molecule has 20 heavy (non-hydrogen) atoms. The van der Waals surface area contributed by atoms with E-state index in [-0.39, 0.29) is 0 Å². The number of anilines is 1. The van der Waals surface area contributed by atoms with Crippen LogP contribution in [0.2, 0.25) is 0 Å². The molecular formula is C14H18N2O2S2. The lowest BCUT2D eigenvalue weighted by molar-refractivity contribution is 0.596. The van der Waals surface area contributed by atoms with Gasteiger partial charge in [0.15, 0.2) is 0 Å². The van der Waals surface area contributed by atoms with E-state index in [2.05, 4.69) is 5.32 Å². The van der Waals surface area contributed by atoms with Crippen molar-refractivity contribution >= 4 is 27.0 Å². The monoisotopic (exact) mass is 310 g/mol. The fourth-order valence-corrected chi connectivity index (χ4v) is 4.44. The van der Waals surface area contributed by atoms with Gasteiger partial charge in [-0.3, -0.25) is 4.31 Å². The van der Waals surface area contributed by atoms with Gasteiger partial charge in [-0.2, -0.15) is 0 Å². The number of sulfonamides is 1. The maximum absolute atomic E-state index is 12.5. The molecular weight excluding hydrogens is 292 g/mol. The summed E-state index contributed by atoms with van der Waals surface area (Å²) in [6.45, 7) is 3.59. The Morgan fingerprint density at radius 1 is 1.15 bits per heavy atom. The Balaban J connectivity index is 2.24. The van der Waals surface area contributed by atoms with Crippen molar-refractivity contribution in [1.29, 1.82) is 0 Å². The Morgan fingerprint density at radius 2 is 1.85 bits per heavy atom. The largest absolute Gasteiger partial charge is 0.312 e. The van der Waals surface area contributed by atoms with Crippen LogP contribution < -0.4 is 9.62 Å². The molecule has 0 unspecified atom stereocenters. The molecule has 2 aromatic rings. The molecule has 0 bridgehead atoms. The first-order chi connectivity index (χ1) is 9.55. The second-order valence-corrected chi connectivity index (χ2v) is 7.67. The molecule has 1 N–H and O–H groups in total. The van der Waals surface area contributed by atoms with E-state index >= 15 is 0 Å². The molecule has 0 spiro atoms. The van der Waals surface area contributed by atoms with Gasteiger partial charge in [0.2, 0.25) is 0 Å². The molecule has 0 amide bonds. The molecule has 108 valence electrons. The number of nitrogens with zero attached hydrogens (tertiary/aromatic N) is 1. The quantitative estimate of drug-likeness (QED) is 0.892. The summed E-state index contributed by atoms with van der Waals surface area (Å²) in [6, 6.07) is 12.6. The van der Waals surface area contributed by atoms with Crippen LogP contribution in [0, 0.1) is 0 Å². The van der Waals surface area contributed by atoms with Crippen LogP contribution >= 0.6 is 11.3 Å². The van der Waals surface area contributed by atoms with Gasteiger partial charge in [0, 0.05) is 18.5 Å². The van der Waals surface area contributed by atoms with Crippen molar-refractivity contribution in [3.05, 3.63) is 47.3 Å². The highest BCUT2D eigenvalue weighted by Crippen LogP contribution is 2.27. The molecule has 1 aromatic heterocycles. The van der Waals surface area contributed by atoms with Crippen molar-refractivity contribution in [2.45, 2.75) is 17.7 Å². The zero-order valence-corrected chi connectivity index (χ0v) is 13.2. The third kappa shape index (κ3) is 3.20. The van der Waals surface area contributed by atoms with Gasteiger partial charge in [-0.1, -0.05) is 25.1 Å². The Labute approximate surface area is 124 Å². The van der Waals surface area contributed by atoms with Crippen molar-refractivity contribution in [1.82, 2.24) is 5.32 Å². The molecule has 0 aliphatic carbocycles. The van der Waals surface area contributed by atoms with Crippen LogP contribution in [-0.4, -0.2) is 22.0 Å². The number of nitrogens with one attached hydrogen (secondary N) is 1. The molecule has 0 radical (unpaired) electrons. The molecule has 0 atom stereocenters. The molecule has 0 saturated carbocycles. The number of para-hydroxylation sites is 1. The molecule has 1 aromatic carbocycles. The van der Waals surface area contributed by atoms with E-state index in [1.807, 2.05) is 31.2 Å². The molecule has 0 saturated heterocycles. The summed E-state index contributed by atoms with van der Waals surface area (Å²) in [5.74, 6) is 0. The van der Waals surface area contributed by atoms with Gasteiger partial charge in [-0.25, -0.2) is 8.42 Å². The highest BCUT2D eigenvalue weighted by atomic mass is 32.2. The molecule has 6 heteroatoms. The Morgan fingerprint density at radius 3 is 2.50 bits per heavy atom. The summed E-state index contributed by atoms with van der Waals surface area (Å²) >= 11 is 1.31. The van der Waals surface area contributed by atoms with Gasteiger partial charge < -0.3 is 5.32 Å². The summed E-state index contributed by atoms with van der Waals surface area (Å²) in [7, 11) is -1.89. The third-order valence-corrected chi connectivity index (χ3v) is 6.26. The van der Waals surface area contributed by atoms with Crippen LogP contribution in [0.1, 0.15) is 11.8 Å². The number of thiophene rings is 1. The molecule has 1 heterocycles. The van der Waals surface area contributed by atoms with E-state index in [4.69, 9.17) is 0 Å². The normalized spacial score (nSPS) is 11.5. The maximum Gasteiger partial charge on any atom is 0.273 e. The minimum absolute atomic E-state index is 0.372. The third-order valence-electron chi connectivity index (χ3n) is 2.92. The van der Waals surface area contributed by atoms with Crippen LogP contribution in [0.5, 0.6) is 0 Å². The first-order valence-electron chi connectivity index (χ1n) is 6.39. The topological polar surface area (TPSA) is 49.4 Å². The van der Waals surface area contributed by atoms with Crippen LogP contribution in [0.4, 0.5) is 5.69 Å². The molecule has 0 aliphatic rings. The summed E-state index contributed by atoms with van der Waals surface area (Å²) in [6.07, 6.45) is 0. The van der Waals surface area contributed by atoms with Gasteiger partial charge >= 0.3 is 0 Å². The van der Waals surface area contributed by atoms with E-state index in [0.29, 0.717) is 16.4 Å². The molecule has 4 nitrogen and oxygen atoms in total. The van der Waals surface area contributed by atoms with Gasteiger partial charge in [-0.15, -0.1) is 11.3 Å². The molecule has 0 aliphatic heterocycles. The predicted octanol–water partition coefficient (Wildman–Crippen LogP) is 2.68. The first-order valence-corrected chi connectivity index (χ1v) is 8.64. The number of rotatable bonds is 6. The summed E-state index contributed by atoms with van der Waals surface area (Å²) in [5.41, 5.74) is 0.661. The van der Waals surface area contributed by atoms with E-state index in [0.717, 1.165) is 11.4 Å². The Bertz CT molecular complexity index is 651. The van der Waals surface area contributed by atoms with Gasteiger partial charge in [0.1, 0.15) is 4.21 Å². The summed E-state index contributed by atoms with van der Waals surface area (Å²) in [4.78, 5) is 1.02. The standard InChI is InChI=1S/C14H18N2O2S2/c1-3-15-11-13-9-10-14(19-13)20(17,18)16(2)12-7-5-4-6-8-12/h4-10,15H,3,11H2,1-2H3. The SMILES string of the molecule is CCNCc1ccc(S(=O)(=O)N(C)c2ccccc2)s1. The van der Waals surface area contributed by atoms with Crippen LogP contribution in [0.3, 0.4) is 0 Å². The molecule has 0 fully saturated rings. The minimum atomic E-state index is -3.47. The number of benzene rings is 1. The highest BCUT2D eigenvalue weighted by Gasteiger charge is 2.23. The smallest absolute Gasteiger partial charge is 0.273 e. The number of hydrogen-bond donors (Lipinski definition) is 1. The van der Waals surface area contributed by atoms with Gasteiger partial charge in [0.05, 0.1) is 5.69 Å². The zero-order chi connectivity index (χ0) is 14.6. The highest BCUT2D eigenvalue weighted by molar-refractivity contribution is 7.94. The fraction of sp³-hybridized carbons (Fsp3) is 0.286.